The Labute approximate surface area is 82.5 Å². The molecule has 1 nitrogen and oxygen atoms in total. The van der Waals surface area contributed by atoms with Crippen LogP contribution in [0, 0.1) is 23.7 Å². The van der Waals surface area contributed by atoms with E-state index in [0.717, 1.165) is 0 Å². The number of nitrogens with zero attached hydrogens (tertiary/aromatic N) is 1. The summed E-state index contributed by atoms with van der Waals surface area (Å²) in [5.74, 6) is 7.82. The van der Waals surface area contributed by atoms with Crippen LogP contribution in [0.25, 0.3) is 0 Å². The fourth-order valence-corrected chi connectivity index (χ4v) is 1.92. The van der Waals surface area contributed by atoms with E-state index in [0.29, 0.717) is 17.9 Å². The third-order valence-corrected chi connectivity index (χ3v) is 2.85. The van der Waals surface area contributed by atoms with Gasteiger partial charge in [0.05, 0.1) is 0 Å². The zero-order chi connectivity index (χ0) is 9.84. The van der Waals surface area contributed by atoms with Crippen molar-refractivity contribution in [2.75, 3.05) is 13.1 Å². The zero-order valence-corrected chi connectivity index (χ0v) is 9.30. The van der Waals surface area contributed by atoms with Gasteiger partial charge in [-0.05, 0) is 26.4 Å². The summed E-state index contributed by atoms with van der Waals surface area (Å²) in [5.41, 5.74) is 0. The molecule has 0 N–H and O–H groups in total. The van der Waals surface area contributed by atoms with E-state index < -0.39 is 0 Å². The maximum absolute atomic E-state index is 3.40. The van der Waals surface area contributed by atoms with Crippen LogP contribution in [0.15, 0.2) is 0 Å². The molecule has 1 aliphatic rings. The molecule has 74 valence electrons. The van der Waals surface area contributed by atoms with Crippen LogP contribution in [0.1, 0.15) is 34.1 Å². The summed E-state index contributed by atoms with van der Waals surface area (Å²) < 4.78 is 0. The zero-order valence-electron chi connectivity index (χ0n) is 9.30. The van der Waals surface area contributed by atoms with Gasteiger partial charge in [-0.2, -0.15) is 0 Å². The highest BCUT2D eigenvalue weighted by atomic mass is 15.2. The minimum absolute atomic E-state index is 0.517. The molecule has 0 amide bonds. The van der Waals surface area contributed by atoms with Crippen molar-refractivity contribution in [3.63, 3.8) is 0 Å². The van der Waals surface area contributed by atoms with Gasteiger partial charge < -0.3 is 0 Å². The van der Waals surface area contributed by atoms with E-state index in [1.165, 1.54) is 19.5 Å². The van der Waals surface area contributed by atoms with Crippen molar-refractivity contribution in [2.45, 2.75) is 40.2 Å². The topological polar surface area (TPSA) is 3.24 Å². The summed E-state index contributed by atoms with van der Waals surface area (Å²) in [6.07, 6.45) is 1.26. The van der Waals surface area contributed by atoms with Gasteiger partial charge in [-0.1, -0.05) is 26.7 Å². The Morgan fingerprint density at radius 3 is 2.62 bits per heavy atom. The minimum atomic E-state index is 0.517. The quantitative estimate of drug-likeness (QED) is 0.559. The largest absolute Gasteiger partial charge is 0.300 e. The van der Waals surface area contributed by atoms with Crippen molar-refractivity contribution in [3.05, 3.63) is 0 Å². The van der Waals surface area contributed by atoms with E-state index >= 15 is 0 Å². The predicted octanol–water partition coefficient (Wildman–Crippen LogP) is 2.38. The molecule has 1 rings (SSSR count). The molecule has 1 fully saturated rings. The molecule has 1 saturated heterocycles. The van der Waals surface area contributed by atoms with E-state index in [2.05, 4.69) is 44.4 Å². The molecule has 0 aromatic heterocycles. The molecule has 13 heavy (non-hydrogen) atoms. The highest BCUT2D eigenvalue weighted by Gasteiger charge is 2.27. The first kappa shape index (κ1) is 10.6. The molecule has 0 bridgehead atoms. The van der Waals surface area contributed by atoms with Gasteiger partial charge in [-0.25, -0.2) is 0 Å². The Morgan fingerprint density at radius 1 is 1.46 bits per heavy atom. The van der Waals surface area contributed by atoms with E-state index in [1.54, 1.807) is 0 Å². The van der Waals surface area contributed by atoms with Crippen molar-refractivity contribution in [3.8, 4) is 11.8 Å². The van der Waals surface area contributed by atoms with Crippen molar-refractivity contribution in [2.24, 2.45) is 11.8 Å². The standard InChI is InChI=1S/C12H21N/c1-5-13-9-8-12(11(13)4)7-6-10(2)3/h10-12H,5,8-9H2,1-4H3. The first-order valence-corrected chi connectivity index (χ1v) is 5.40. The molecular formula is C12H21N. The monoisotopic (exact) mass is 179 g/mol. The number of hydrogen-bond donors (Lipinski definition) is 0. The van der Waals surface area contributed by atoms with Gasteiger partial charge in [0.1, 0.15) is 0 Å². The van der Waals surface area contributed by atoms with E-state index in [9.17, 15) is 0 Å². The summed E-state index contributed by atoms with van der Waals surface area (Å²) >= 11 is 0. The van der Waals surface area contributed by atoms with Crippen LogP contribution in [-0.2, 0) is 0 Å². The van der Waals surface area contributed by atoms with E-state index in [4.69, 9.17) is 0 Å². The Balaban J connectivity index is 2.51. The van der Waals surface area contributed by atoms with Gasteiger partial charge in [0.15, 0.2) is 0 Å². The lowest BCUT2D eigenvalue weighted by atomic mass is 10.0. The fraction of sp³-hybridized carbons (Fsp3) is 0.833. The SMILES string of the molecule is CCN1CCC(C#CC(C)C)C1C. The van der Waals surface area contributed by atoms with Gasteiger partial charge in [0.2, 0.25) is 0 Å². The number of hydrogen-bond acceptors (Lipinski definition) is 1. The Morgan fingerprint density at radius 2 is 2.15 bits per heavy atom. The molecule has 1 heterocycles. The van der Waals surface area contributed by atoms with Crippen LogP contribution in [0.5, 0.6) is 0 Å². The average molecular weight is 179 g/mol. The van der Waals surface area contributed by atoms with Gasteiger partial charge in [-0.3, -0.25) is 4.90 Å². The van der Waals surface area contributed by atoms with E-state index in [-0.39, 0.29) is 0 Å². The molecular weight excluding hydrogens is 158 g/mol. The summed E-state index contributed by atoms with van der Waals surface area (Å²) in [5, 5.41) is 0. The molecule has 2 unspecified atom stereocenters. The second-order valence-corrected chi connectivity index (χ2v) is 4.21. The minimum Gasteiger partial charge on any atom is -0.300 e. The van der Waals surface area contributed by atoms with Crippen LogP contribution in [0.3, 0.4) is 0 Å². The Kier molecular flexibility index (Phi) is 3.81. The lowest BCUT2D eigenvalue weighted by molar-refractivity contribution is 0.270. The number of likely N-dealkylation sites (tertiary alicyclic amines) is 1. The summed E-state index contributed by atoms with van der Waals surface area (Å²) in [4.78, 5) is 2.51. The normalized spacial score (nSPS) is 29.0. The summed E-state index contributed by atoms with van der Waals surface area (Å²) in [7, 11) is 0. The molecule has 0 aliphatic carbocycles. The van der Waals surface area contributed by atoms with Crippen LogP contribution >= 0.6 is 0 Å². The van der Waals surface area contributed by atoms with Crippen LogP contribution in [-0.4, -0.2) is 24.0 Å². The van der Waals surface area contributed by atoms with Crippen LogP contribution < -0.4 is 0 Å². The van der Waals surface area contributed by atoms with Crippen LogP contribution in [0.4, 0.5) is 0 Å². The highest BCUT2D eigenvalue weighted by molar-refractivity contribution is 5.10. The highest BCUT2D eigenvalue weighted by Crippen LogP contribution is 2.22. The van der Waals surface area contributed by atoms with Gasteiger partial charge >= 0.3 is 0 Å². The maximum atomic E-state index is 3.40. The van der Waals surface area contributed by atoms with Gasteiger partial charge in [-0.15, -0.1) is 5.92 Å². The first-order chi connectivity index (χ1) is 6.15. The molecule has 0 radical (unpaired) electrons. The Bertz CT molecular complexity index is 209. The molecule has 0 aromatic rings. The van der Waals surface area contributed by atoms with E-state index in [1.807, 2.05) is 0 Å². The molecule has 0 spiro atoms. The maximum Gasteiger partial charge on any atom is 0.0368 e. The molecule has 1 heteroatoms. The lowest BCUT2D eigenvalue weighted by Gasteiger charge is -2.20. The predicted molar refractivity (Wildman–Crippen MR) is 57.4 cm³/mol. The van der Waals surface area contributed by atoms with Crippen LogP contribution in [0.2, 0.25) is 0 Å². The van der Waals surface area contributed by atoms with Crippen molar-refractivity contribution in [1.29, 1.82) is 0 Å². The summed E-state index contributed by atoms with van der Waals surface area (Å²) in [6, 6.07) is 0.663. The van der Waals surface area contributed by atoms with Gasteiger partial charge in [0, 0.05) is 17.9 Å². The van der Waals surface area contributed by atoms with Crippen molar-refractivity contribution in [1.82, 2.24) is 4.90 Å². The molecule has 0 aromatic carbocycles. The molecule has 2 atom stereocenters. The fourth-order valence-electron chi connectivity index (χ4n) is 1.92. The van der Waals surface area contributed by atoms with Crippen molar-refractivity contribution >= 4 is 0 Å². The number of rotatable bonds is 1. The third-order valence-electron chi connectivity index (χ3n) is 2.85. The third kappa shape index (κ3) is 2.74. The second-order valence-electron chi connectivity index (χ2n) is 4.21. The Hall–Kier alpha value is -0.480. The molecule has 1 aliphatic heterocycles. The lowest BCUT2D eigenvalue weighted by Crippen LogP contribution is -2.29. The van der Waals surface area contributed by atoms with Crippen molar-refractivity contribution < 1.29 is 0 Å². The first-order valence-electron chi connectivity index (χ1n) is 5.40. The van der Waals surface area contributed by atoms with Gasteiger partial charge in [0.25, 0.3) is 0 Å². The summed E-state index contributed by atoms with van der Waals surface area (Å²) in [6.45, 7) is 11.2. The smallest absolute Gasteiger partial charge is 0.0368 e. The second kappa shape index (κ2) is 4.67. The molecule has 0 saturated carbocycles. The average Bonchev–Trinajstić information content (AvgIpc) is 2.43.